The molecule has 1 atom stereocenters. The first kappa shape index (κ1) is 15.6. The highest BCUT2D eigenvalue weighted by Crippen LogP contribution is 2.33. The molecule has 4 rings (SSSR count). The van der Waals surface area contributed by atoms with Crippen molar-refractivity contribution in [2.45, 2.75) is 18.9 Å². The Balaban J connectivity index is 1.59. The van der Waals surface area contributed by atoms with Crippen molar-refractivity contribution in [3.63, 3.8) is 0 Å². The third kappa shape index (κ3) is 2.84. The van der Waals surface area contributed by atoms with Gasteiger partial charge < -0.3 is 9.47 Å². The van der Waals surface area contributed by atoms with E-state index in [1.54, 1.807) is 18.2 Å². The van der Waals surface area contributed by atoms with Gasteiger partial charge in [-0.15, -0.1) is 0 Å². The number of H-pyrrole nitrogens is 1. The van der Waals surface area contributed by atoms with E-state index in [-0.39, 0.29) is 17.8 Å². The first-order valence-corrected chi connectivity index (χ1v) is 8.37. The monoisotopic (exact) mass is 338 g/mol. The predicted octanol–water partition coefficient (Wildman–Crippen LogP) is 3.53. The molecule has 1 aliphatic rings. The number of halogens is 1. The Kier molecular flexibility index (Phi) is 3.87. The van der Waals surface area contributed by atoms with E-state index in [0.29, 0.717) is 12.2 Å². The van der Waals surface area contributed by atoms with Gasteiger partial charge in [-0.25, -0.2) is 4.39 Å². The molecule has 3 heterocycles. The summed E-state index contributed by atoms with van der Waals surface area (Å²) in [6, 6.07) is 12.1. The minimum Gasteiger partial charge on any atom is -0.349 e. The normalized spacial score (nSPS) is 17.2. The van der Waals surface area contributed by atoms with Crippen molar-refractivity contribution in [2.75, 3.05) is 6.54 Å². The summed E-state index contributed by atoms with van der Waals surface area (Å²) >= 11 is 0. The Morgan fingerprint density at radius 3 is 2.80 bits per heavy atom. The minimum absolute atomic E-state index is 0.0186. The number of nitrogens with zero attached hydrogens (tertiary/aromatic N) is 3. The topological polar surface area (TPSA) is 53.9 Å². The molecule has 0 aliphatic carbocycles. The summed E-state index contributed by atoms with van der Waals surface area (Å²) in [6.45, 7) is 0.694. The lowest BCUT2D eigenvalue weighted by molar-refractivity contribution is 0.0729. The summed E-state index contributed by atoms with van der Waals surface area (Å²) < 4.78 is 15.1. The molecule has 25 heavy (non-hydrogen) atoms. The van der Waals surface area contributed by atoms with Crippen molar-refractivity contribution >= 4 is 5.91 Å². The van der Waals surface area contributed by atoms with E-state index in [1.165, 1.54) is 12.1 Å². The number of benzene rings is 1. The van der Waals surface area contributed by atoms with Gasteiger partial charge in [0, 0.05) is 19.8 Å². The zero-order chi connectivity index (χ0) is 17.4. The van der Waals surface area contributed by atoms with E-state index >= 15 is 0 Å². The second kappa shape index (κ2) is 6.20. The Morgan fingerprint density at radius 1 is 1.28 bits per heavy atom. The minimum atomic E-state index is -0.264. The molecule has 5 nitrogen and oxygen atoms in total. The largest absolute Gasteiger partial charge is 0.349 e. The number of likely N-dealkylation sites (tertiary alicyclic amines) is 1. The number of aromatic amines is 1. The van der Waals surface area contributed by atoms with E-state index in [0.717, 1.165) is 29.8 Å². The Hall–Kier alpha value is -2.89. The van der Waals surface area contributed by atoms with Crippen LogP contribution in [0.25, 0.3) is 11.4 Å². The Labute approximate surface area is 145 Å². The number of aryl methyl sites for hydroxylation is 1. The van der Waals surface area contributed by atoms with Gasteiger partial charge in [0.2, 0.25) is 0 Å². The maximum absolute atomic E-state index is 13.2. The van der Waals surface area contributed by atoms with Crippen molar-refractivity contribution < 1.29 is 9.18 Å². The second-order valence-electron chi connectivity index (χ2n) is 6.38. The Bertz CT molecular complexity index is 896. The molecule has 1 saturated heterocycles. The number of rotatable bonds is 3. The van der Waals surface area contributed by atoms with Gasteiger partial charge in [0.25, 0.3) is 5.91 Å². The van der Waals surface area contributed by atoms with E-state index < -0.39 is 0 Å². The molecule has 2 aromatic heterocycles. The molecule has 1 aliphatic heterocycles. The van der Waals surface area contributed by atoms with Gasteiger partial charge >= 0.3 is 0 Å². The van der Waals surface area contributed by atoms with Crippen LogP contribution < -0.4 is 0 Å². The molecule has 1 N–H and O–H groups in total. The van der Waals surface area contributed by atoms with Crippen molar-refractivity contribution in [1.82, 2.24) is 19.7 Å². The zero-order valence-corrected chi connectivity index (χ0v) is 13.9. The number of aromatic nitrogens is 3. The molecule has 6 heteroatoms. The molecular weight excluding hydrogens is 319 g/mol. The molecule has 1 amide bonds. The lowest BCUT2D eigenvalue weighted by Gasteiger charge is -2.24. The molecule has 0 unspecified atom stereocenters. The molecule has 1 aromatic carbocycles. The summed E-state index contributed by atoms with van der Waals surface area (Å²) in [6.07, 6.45) is 3.76. The fraction of sp³-hybridized carbons (Fsp3) is 0.263. The average Bonchev–Trinajstić information content (AvgIpc) is 3.35. The van der Waals surface area contributed by atoms with Crippen molar-refractivity contribution in [3.8, 4) is 11.4 Å². The van der Waals surface area contributed by atoms with E-state index in [2.05, 4.69) is 10.2 Å². The van der Waals surface area contributed by atoms with Crippen LogP contribution in [0.1, 0.15) is 34.9 Å². The van der Waals surface area contributed by atoms with Gasteiger partial charge in [0.1, 0.15) is 17.2 Å². The fourth-order valence-corrected chi connectivity index (χ4v) is 3.49. The molecule has 128 valence electrons. The van der Waals surface area contributed by atoms with Crippen LogP contribution >= 0.6 is 0 Å². The van der Waals surface area contributed by atoms with Crippen LogP contribution in [0, 0.1) is 5.82 Å². The number of carbonyl (C=O) groups is 1. The van der Waals surface area contributed by atoms with Gasteiger partial charge in [-0.3, -0.25) is 9.89 Å². The number of hydrogen-bond donors (Lipinski definition) is 1. The molecule has 0 spiro atoms. The molecule has 0 bridgehead atoms. The highest BCUT2D eigenvalue weighted by molar-refractivity contribution is 5.93. The molecule has 3 aromatic rings. The van der Waals surface area contributed by atoms with Crippen LogP contribution in [0.5, 0.6) is 0 Å². The van der Waals surface area contributed by atoms with Gasteiger partial charge in [-0.1, -0.05) is 12.1 Å². The summed E-state index contributed by atoms with van der Waals surface area (Å²) in [5, 5.41) is 7.14. The molecular formula is C19H19FN4O. The van der Waals surface area contributed by atoms with Gasteiger partial charge in [-0.2, -0.15) is 5.10 Å². The van der Waals surface area contributed by atoms with Crippen LogP contribution in [-0.2, 0) is 7.05 Å². The summed E-state index contributed by atoms with van der Waals surface area (Å²) in [5.74, 6) is -0.333. The Morgan fingerprint density at radius 2 is 2.08 bits per heavy atom. The molecule has 1 fully saturated rings. The van der Waals surface area contributed by atoms with Gasteiger partial charge in [-0.05, 0) is 48.7 Å². The fourth-order valence-electron chi connectivity index (χ4n) is 3.49. The van der Waals surface area contributed by atoms with Gasteiger partial charge in [0.15, 0.2) is 0 Å². The first-order valence-electron chi connectivity index (χ1n) is 8.37. The maximum Gasteiger partial charge on any atom is 0.272 e. The first-order chi connectivity index (χ1) is 12.1. The van der Waals surface area contributed by atoms with Crippen LogP contribution in [0.3, 0.4) is 0 Å². The number of hydrogen-bond acceptors (Lipinski definition) is 2. The zero-order valence-electron chi connectivity index (χ0n) is 13.9. The second-order valence-corrected chi connectivity index (χ2v) is 6.38. The van der Waals surface area contributed by atoms with Gasteiger partial charge in [0.05, 0.1) is 11.7 Å². The lowest BCUT2D eigenvalue weighted by Crippen LogP contribution is -2.30. The van der Waals surface area contributed by atoms with Crippen LogP contribution in [0.15, 0.2) is 48.7 Å². The predicted molar refractivity (Wildman–Crippen MR) is 92.4 cm³/mol. The summed E-state index contributed by atoms with van der Waals surface area (Å²) in [5.41, 5.74) is 3.14. The third-order valence-corrected chi connectivity index (χ3v) is 4.78. The van der Waals surface area contributed by atoms with Crippen LogP contribution in [0.4, 0.5) is 4.39 Å². The van der Waals surface area contributed by atoms with Crippen LogP contribution in [0.2, 0.25) is 0 Å². The molecule has 0 radical (unpaired) electrons. The average molecular weight is 338 g/mol. The van der Waals surface area contributed by atoms with Crippen molar-refractivity contribution in [2.24, 2.45) is 7.05 Å². The summed E-state index contributed by atoms with van der Waals surface area (Å²) in [4.78, 5) is 14.8. The third-order valence-electron chi connectivity index (χ3n) is 4.78. The van der Waals surface area contributed by atoms with E-state index in [1.807, 2.05) is 34.8 Å². The summed E-state index contributed by atoms with van der Waals surface area (Å²) in [7, 11) is 1.94. The standard InChI is InChI=1S/C19H19FN4O/c1-23-10-2-5-18(23)15-12-16(22-21-15)19(25)24-11-3-4-17(24)13-6-8-14(20)9-7-13/h2,5-10,12,17H,3-4,11H2,1H3,(H,21,22)/t17-/m1/s1. The highest BCUT2D eigenvalue weighted by Gasteiger charge is 2.31. The lowest BCUT2D eigenvalue weighted by atomic mass is 10.0. The van der Waals surface area contributed by atoms with E-state index in [4.69, 9.17) is 0 Å². The van der Waals surface area contributed by atoms with Crippen molar-refractivity contribution in [3.05, 3.63) is 65.7 Å². The SMILES string of the molecule is Cn1cccc1-c1cc(C(=O)N2CCC[C@@H]2c2ccc(F)cc2)[nH]n1. The maximum atomic E-state index is 13.2. The van der Waals surface area contributed by atoms with Crippen LogP contribution in [-0.4, -0.2) is 32.1 Å². The van der Waals surface area contributed by atoms with Crippen molar-refractivity contribution in [1.29, 1.82) is 0 Å². The number of amides is 1. The highest BCUT2D eigenvalue weighted by atomic mass is 19.1. The number of nitrogens with one attached hydrogen (secondary N) is 1. The van der Waals surface area contributed by atoms with E-state index in [9.17, 15) is 9.18 Å². The molecule has 0 saturated carbocycles. The smallest absolute Gasteiger partial charge is 0.272 e. The number of carbonyl (C=O) groups excluding carboxylic acids is 1. The quantitative estimate of drug-likeness (QED) is 0.794.